The van der Waals surface area contributed by atoms with E-state index in [0.29, 0.717) is 37.8 Å². The van der Waals surface area contributed by atoms with Crippen LogP contribution in [0.4, 0.5) is 5.13 Å². The van der Waals surface area contributed by atoms with Gasteiger partial charge in [0.2, 0.25) is 0 Å². The van der Waals surface area contributed by atoms with Crippen LogP contribution in [0.5, 0.6) is 11.5 Å². The first-order chi connectivity index (χ1) is 11.5. The number of nitrogens with zero attached hydrogens (tertiary/aromatic N) is 1. The first-order valence-electron chi connectivity index (χ1n) is 6.81. The maximum absolute atomic E-state index is 12.4. The van der Waals surface area contributed by atoms with Gasteiger partial charge in [0.25, 0.3) is 5.91 Å². The van der Waals surface area contributed by atoms with Crippen molar-refractivity contribution in [2.45, 2.75) is 0 Å². The molecule has 24 heavy (non-hydrogen) atoms. The number of fused-ring (bicyclic) bond motifs is 1. The molecule has 124 valence electrons. The van der Waals surface area contributed by atoms with Crippen molar-refractivity contribution in [3.63, 3.8) is 0 Å². The number of thiazole rings is 1. The number of aromatic nitrogens is 1. The number of hydrogen-bond donors (Lipinski definition) is 1. The van der Waals surface area contributed by atoms with Crippen LogP contribution in [0.1, 0.15) is 10.4 Å². The van der Waals surface area contributed by atoms with Gasteiger partial charge in [0.05, 0.1) is 29.0 Å². The number of benzene rings is 2. The Hall–Kier alpha value is -2.02. The van der Waals surface area contributed by atoms with Gasteiger partial charge in [-0.15, -0.1) is 0 Å². The maximum Gasteiger partial charge on any atom is 0.257 e. The summed E-state index contributed by atoms with van der Waals surface area (Å²) in [5, 5.41) is 4.19. The molecule has 2 aromatic carbocycles. The minimum absolute atomic E-state index is 0.317. The highest BCUT2D eigenvalue weighted by Gasteiger charge is 2.15. The molecule has 0 saturated heterocycles. The van der Waals surface area contributed by atoms with E-state index in [1.165, 1.54) is 25.6 Å². The van der Waals surface area contributed by atoms with Gasteiger partial charge >= 0.3 is 0 Å². The summed E-state index contributed by atoms with van der Waals surface area (Å²) < 4.78 is 11.1. The fraction of sp³-hybridized carbons (Fsp3) is 0.125. The third-order valence-corrected chi connectivity index (χ3v) is 5.05. The molecule has 0 radical (unpaired) electrons. The van der Waals surface area contributed by atoms with Gasteiger partial charge in [-0.2, -0.15) is 0 Å². The lowest BCUT2D eigenvalue weighted by Gasteiger charge is -2.09. The fourth-order valence-electron chi connectivity index (χ4n) is 2.15. The minimum Gasteiger partial charge on any atom is -0.493 e. The molecule has 0 aliphatic carbocycles. The average Bonchev–Trinajstić information content (AvgIpc) is 3.02. The first-order valence-corrected chi connectivity index (χ1v) is 8.38. The van der Waals surface area contributed by atoms with E-state index < -0.39 is 0 Å². The summed E-state index contributed by atoms with van der Waals surface area (Å²) in [6.45, 7) is 0. The smallest absolute Gasteiger partial charge is 0.257 e. The lowest BCUT2D eigenvalue weighted by atomic mass is 10.2. The second-order valence-corrected chi connectivity index (χ2v) is 6.56. The fourth-order valence-corrected chi connectivity index (χ4v) is 3.56. The molecule has 0 aliphatic heterocycles. The van der Waals surface area contributed by atoms with Crippen LogP contribution in [0.2, 0.25) is 10.0 Å². The quantitative estimate of drug-likeness (QED) is 0.698. The molecule has 0 aliphatic rings. The SMILES string of the molecule is COc1ccc(C(=O)Nc2nc3c(Cl)ccc(Cl)c3s2)cc1OC. The number of ether oxygens (including phenoxy) is 2. The molecular weight excluding hydrogens is 371 g/mol. The number of hydrogen-bond acceptors (Lipinski definition) is 5. The van der Waals surface area contributed by atoms with Gasteiger partial charge < -0.3 is 9.47 Å². The number of amides is 1. The van der Waals surface area contributed by atoms with E-state index in [1.807, 2.05) is 0 Å². The number of rotatable bonds is 4. The first kappa shape index (κ1) is 16.8. The number of anilines is 1. The third kappa shape index (κ3) is 3.13. The number of halogens is 2. The average molecular weight is 383 g/mol. The van der Waals surface area contributed by atoms with Crippen LogP contribution < -0.4 is 14.8 Å². The molecule has 0 bridgehead atoms. The van der Waals surface area contributed by atoms with E-state index in [1.54, 1.807) is 30.3 Å². The highest BCUT2D eigenvalue weighted by Crippen LogP contribution is 2.36. The molecule has 3 rings (SSSR count). The molecule has 1 amide bonds. The third-order valence-electron chi connectivity index (χ3n) is 3.31. The Morgan fingerprint density at radius 3 is 2.46 bits per heavy atom. The summed E-state index contributed by atoms with van der Waals surface area (Å²) in [6.07, 6.45) is 0. The Kier molecular flexibility index (Phi) is 4.80. The minimum atomic E-state index is -0.317. The normalized spacial score (nSPS) is 10.7. The van der Waals surface area contributed by atoms with Crippen LogP contribution in [-0.4, -0.2) is 25.1 Å². The lowest BCUT2D eigenvalue weighted by Crippen LogP contribution is -2.11. The van der Waals surface area contributed by atoms with Crippen molar-refractivity contribution in [2.75, 3.05) is 19.5 Å². The largest absolute Gasteiger partial charge is 0.493 e. The van der Waals surface area contributed by atoms with Gasteiger partial charge in [-0.3, -0.25) is 10.1 Å². The summed E-state index contributed by atoms with van der Waals surface area (Å²) in [7, 11) is 3.04. The Balaban J connectivity index is 1.90. The van der Waals surface area contributed by atoms with E-state index in [2.05, 4.69) is 10.3 Å². The zero-order valence-corrected chi connectivity index (χ0v) is 15.1. The highest BCUT2D eigenvalue weighted by molar-refractivity contribution is 7.23. The van der Waals surface area contributed by atoms with Gasteiger partial charge in [-0.05, 0) is 30.3 Å². The van der Waals surface area contributed by atoms with E-state index in [0.717, 1.165) is 4.70 Å². The van der Waals surface area contributed by atoms with Gasteiger partial charge in [0, 0.05) is 5.56 Å². The van der Waals surface area contributed by atoms with Crippen LogP contribution in [0, 0.1) is 0 Å². The van der Waals surface area contributed by atoms with Crippen molar-refractivity contribution >= 4 is 55.8 Å². The van der Waals surface area contributed by atoms with E-state index in [9.17, 15) is 4.79 Å². The number of nitrogens with one attached hydrogen (secondary N) is 1. The second-order valence-electron chi connectivity index (χ2n) is 4.75. The standard InChI is InChI=1S/C16H12Cl2N2O3S/c1-22-11-6-3-8(7-12(11)23-2)15(21)20-16-19-13-9(17)4-5-10(18)14(13)24-16/h3-7H,1-2H3,(H,19,20,21). The van der Waals surface area contributed by atoms with Crippen LogP contribution in [0.3, 0.4) is 0 Å². The van der Waals surface area contributed by atoms with Crippen LogP contribution in [0.25, 0.3) is 10.2 Å². The molecule has 0 atom stereocenters. The number of carbonyl (C=O) groups excluding carboxylic acids is 1. The zero-order valence-electron chi connectivity index (χ0n) is 12.7. The molecule has 0 unspecified atom stereocenters. The van der Waals surface area contributed by atoms with Crippen molar-refractivity contribution in [3.05, 3.63) is 45.9 Å². The predicted octanol–water partition coefficient (Wildman–Crippen LogP) is 4.87. The number of carbonyl (C=O) groups is 1. The van der Waals surface area contributed by atoms with Crippen molar-refractivity contribution in [1.29, 1.82) is 0 Å². The van der Waals surface area contributed by atoms with Crippen molar-refractivity contribution < 1.29 is 14.3 Å². The summed E-state index contributed by atoms with van der Waals surface area (Å²) >= 11 is 13.5. The molecule has 1 heterocycles. The number of methoxy groups -OCH3 is 2. The molecule has 1 N–H and O–H groups in total. The van der Waals surface area contributed by atoms with Gasteiger partial charge in [-0.25, -0.2) is 4.98 Å². The van der Waals surface area contributed by atoms with Gasteiger partial charge in [-0.1, -0.05) is 34.5 Å². The molecule has 0 spiro atoms. The zero-order chi connectivity index (χ0) is 17.3. The molecule has 8 heteroatoms. The highest BCUT2D eigenvalue weighted by atomic mass is 35.5. The predicted molar refractivity (Wildman–Crippen MR) is 97.1 cm³/mol. The second kappa shape index (κ2) is 6.84. The van der Waals surface area contributed by atoms with Crippen LogP contribution in [-0.2, 0) is 0 Å². The Morgan fingerprint density at radius 2 is 1.79 bits per heavy atom. The molecular formula is C16H12Cl2N2O3S. The Bertz CT molecular complexity index is 888. The van der Waals surface area contributed by atoms with E-state index in [4.69, 9.17) is 32.7 Å². The maximum atomic E-state index is 12.4. The van der Waals surface area contributed by atoms with E-state index in [-0.39, 0.29) is 5.91 Å². The molecule has 0 saturated carbocycles. The van der Waals surface area contributed by atoms with Crippen molar-refractivity contribution in [3.8, 4) is 11.5 Å². The summed E-state index contributed by atoms with van der Waals surface area (Å²) in [5.41, 5.74) is 0.987. The molecule has 3 aromatic rings. The summed E-state index contributed by atoms with van der Waals surface area (Å²) in [6, 6.07) is 8.28. The topological polar surface area (TPSA) is 60.5 Å². The van der Waals surface area contributed by atoms with Gasteiger partial charge in [0.15, 0.2) is 16.6 Å². The molecule has 0 fully saturated rings. The van der Waals surface area contributed by atoms with Crippen molar-refractivity contribution in [1.82, 2.24) is 4.98 Å². The summed E-state index contributed by atoms with van der Waals surface area (Å²) in [5.74, 6) is 0.704. The Morgan fingerprint density at radius 1 is 1.08 bits per heavy atom. The van der Waals surface area contributed by atoms with Crippen LogP contribution >= 0.6 is 34.5 Å². The monoisotopic (exact) mass is 382 g/mol. The van der Waals surface area contributed by atoms with Crippen molar-refractivity contribution in [2.24, 2.45) is 0 Å². The molecule has 1 aromatic heterocycles. The lowest BCUT2D eigenvalue weighted by molar-refractivity contribution is 0.102. The Labute approximate surface area is 152 Å². The van der Waals surface area contributed by atoms with Crippen LogP contribution in [0.15, 0.2) is 30.3 Å². The summed E-state index contributed by atoms with van der Waals surface area (Å²) in [4.78, 5) is 16.8. The van der Waals surface area contributed by atoms with Gasteiger partial charge in [0.1, 0.15) is 5.52 Å². The van der Waals surface area contributed by atoms with E-state index >= 15 is 0 Å². The molecule has 5 nitrogen and oxygen atoms in total.